The summed E-state index contributed by atoms with van der Waals surface area (Å²) in [5, 5.41) is 0. The third-order valence-electron chi connectivity index (χ3n) is 9.44. The zero-order valence-corrected chi connectivity index (χ0v) is 36.9. The van der Waals surface area contributed by atoms with E-state index < -0.39 is 11.9 Å². The van der Waals surface area contributed by atoms with Crippen molar-refractivity contribution in [2.24, 2.45) is 0 Å². The lowest BCUT2D eigenvalue weighted by Crippen LogP contribution is -2.11. The van der Waals surface area contributed by atoms with Crippen LogP contribution in [0.3, 0.4) is 0 Å². The molecule has 342 valence electrons. The lowest BCUT2D eigenvalue weighted by molar-refractivity contribution is 0.00323. The van der Waals surface area contributed by atoms with Crippen LogP contribution in [0.25, 0.3) is 11.4 Å². The lowest BCUT2D eigenvalue weighted by Gasteiger charge is -2.08. The smallest absolute Gasteiger partial charge is 0.338 e. The standard InChI is InChI=1S/C46H76N2O12/c1-51-27-29-55-35-37-57-33-31-53-23-15-11-7-3-5-9-13-17-25-59-45(49)41-19-21-47-43(39-41)44-40-42(20-22-48-44)46(50)60-26-18-14-10-6-4-8-12-16-24-54-32-34-58-38-36-56-30-28-52-2/h19-22,39-40H,3-18,23-38H2,1-2H3. The molecule has 2 aromatic heterocycles. The van der Waals surface area contributed by atoms with Gasteiger partial charge in [-0.25, -0.2) is 9.59 Å². The summed E-state index contributed by atoms with van der Waals surface area (Å²) in [7, 11) is 3.31. The second-order valence-corrected chi connectivity index (χ2v) is 14.4. The molecule has 0 aliphatic carbocycles. The van der Waals surface area contributed by atoms with Gasteiger partial charge in [0.15, 0.2) is 0 Å². The van der Waals surface area contributed by atoms with Crippen LogP contribution in [0.1, 0.15) is 123 Å². The number of hydrogen-bond donors (Lipinski definition) is 0. The summed E-state index contributed by atoms with van der Waals surface area (Å²) in [4.78, 5) is 34.3. The molecule has 0 fully saturated rings. The monoisotopic (exact) mass is 849 g/mol. The zero-order valence-electron chi connectivity index (χ0n) is 36.9. The second-order valence-electron chi connectivity index (χ2n) is 14.4. The minimum atomic E-state index is -0.394. The quantitative estimate of drug-likeness (QED) is 0.0467. The van der Waals surface area contributed by atoms with Crippen LogP contribution in [0.15, 0.2) is 36.7 Å². The number of hydrogen-bond acceptors (Lipinski definition) is 14. The fraction of sp³-hybridized carbons (Fsp3) is 0.739. The van der Waals surface area contributed by atoms with Crippen molar-refractivity contribution in [3.8, 4) is 11.4 Å². The molecular formula is C46H76N2O12. The van der Waals surface area contributed by atoms with Crippen LogP contribution in [0.5, 0.6) is 0 Å². The van der Waals surface area contributed by atoms with Gasteiger partial charge in [-0.05, 0) is 49.9 Å². The van der Waals surface area contributed by atoms with E-state index in [4.69, 9.17) is 47.4 Å². The van der Waals surface area contributed by atoms with E-state index in [2.05, 4.69) is 9.97 Å². The molecule has 14 heteroatoms. The minimum Gasteiger partial charge on any atom is -0.462 e. The van der Waals surface area contributed by atoms with Gasteiger partial charge in [0.1, 0.15) is 0 Å². The fourth-order valence-corrected chi connectivity index (χ4v) is 5.99. The van der Waals surface area contributed by atoms with E-state index in [1.54, 1.807) is 50.9 Å². The van der Waals surface area contributed by atoms with Crippen LogP contribution >= 0.6 is 0 Å². The summed E-state index contributed by atoms with van der Waals surface area (Å²) in [6.07, 6.45) is 20.6. The van der Waals surface area contributed by atoms with Crippen molar-refractivity contribution in [3.05, 3.63) is 47.8 Å². The van der Waals surface area contributed by atoms with E-state index in [0.717, 1.165) is 77.4 Å². The Morgan fingerprint density at radius 3 is 0.950 bits per heavy atom. The Balaban J connectivity index is 1.44. The summed E-state index contributed by atoms with van der Waals surface area (Å²) in [6, 6.07) is 6.56. The highest BCUT2D eigenvalue weighted by atomic mass is 16.6. The van der Waals surface area contributed by atoms with E-state index in [9.17, 15) is 9.59 Å². The van der Waals surface area contributed by atoms with E-state index in [-0.39, 0.29) is 0 Å². The molecule has 2 heterocycles. The topological polar surface area (TPSA) is 152 Å². The highest BCUT2D eigenvalue weighted by Gasteiger charge is 2.13. The van der Waals surface area contributed by atoms with Crippen LogP contribution in [0.4, 0.5) is 0 Å². The van der Waals surface area contributed by atoms with Crippen LogP contribution in [0.2, 0.25) is 0 Å². The SMILES string of the molecule is COCCOCCOCCOCCCCCCCCCCOC(=O)c1ccnc(-c2cc(C(=O)OCCCCCCCCCCOCCOCCOCCOC)ccn2)c1. The highest BCUT2D eigenvalue weighted by Crippen LogP contribution is 2.19. The van der Waals surface area contributed by atoms with Crippen LogP contribution in [-0.2, 0) is 47.4 Å². The zero-order chi connectivity index (χ0) is 42.8. The second kappa shape index (κ2) is 40.0. The van der Waals surface area contributed by atoms with Gasteiger partial charge in [0, 0.05) is 39.8 Å². The summed E-state index contributed by atoms with van der Waals surface area (Å²) in [5.41, 5.74) is 1.78. The Kier molecular flexibility index (Phi) is 35.4. The van der Waals surface area contributed by atoms with Gasteiger partial charge in [-0.15, -0.1) is 0 Å². The van der Waals surface area contributed by atoms with Crippen molar-refractivity contribution in [1.82, 2.24) is 9.97 Å². The summed E-state index contributed by atoms with van der Waals surface area (Å²) in [5.74, 6) is -0.788. The molecule has 0 saturated carbocycles. The summed E-state index contributed by atoms with van der Waals surface area (Å²) >= 11 is 0. The van der Waals surface area contributed by atoms with Crippen LogP contribution in [0, 0.1) is 0 Å². The Bertz CT molecular complexity index is 1210. The lowest BCUT2D eigenvalue weighted by atomic mass is 10.1. The summed E-state index contributed by atoms with van der Waals surface area (Å²) in [6.45, 7) is 9.37. The van der Waals surface area contributed by atoms with Crippen molar-refractivity contribution in [2.75, 3.05) is 120 Å². The van der Waals surface area contributed by atoms with Gasteiger partial charge >= 0.3 is 11.9 Å². The number of carbonyl (C=O) groups is 2. The Hall–Kier alpha value is -3.08. The first kappa shape index (κ1) is 53.1. The third-order valence-corrected chi connectivity index (χ3v) is 9.44. The Morgan fingerprint density at radius 2 is 0.633 bits per heavy atom. The number of nitrogens with zero attached hydrogens (tertiary/aromatic N) is 2. The van der Waals surface area contributed by atoms with Crippen molar-refractivity contribution in [3.63, 3.8) is 0 Å². The van der Waals surface area contributed by atoms with E-state index in [1.165, 1.54) is 38.5 Å². The maximum absolute atomic E-state index is 12.8. The molecule has 0 aliphatic rings. The van der Waals surface area contributed by atoms with Gasteiger partial charge in [-0.3, -0.25) is 9.97 Å². The molecule has 0 bridgehead atoms. The molecule has 0 saturated heterocycles. The number of rotatable bonds is 43. The number of unbranched alkanes of at least 4 members (excludes halogenated alkanes) is 14. The number of pyridine rings is 2. The highest BCUT2D eigenvalue weighted by molar-refractivity contribution is 5.92. The van der Waals surface area contributed by atoms with Crippen LogP contribution in [-0.4, -0.2) is 142 Å². The molecule has 2 rings (SSSR count). The molecule has 2 aromatic rings. The number of methoxy groups -OCH3 is 2. The number of esters is 2. The van der Waals surface area contributed by atoms with Gasteiger partial charge in [0.2, 0.25) is 0 Å². The van der Waals surface area contributed by atoms with Crippen molar-refractivity contribution in [1.29, 1.82) is 0 Å². The molecule has 0 unspecified atom stereocenters. The molecular weight excluding hydrogens is 773 g/mol. The van der Waals surface area contributed by atoms with Crippen molar-refractivity contribution >= 4 is 11.9 Å². The summed E-state index contributed by atoms with van der Waals surface area (Å²) < 4.78 is 53.8. The van der Waals surface area contributed by atoms with Gasteiger partial charge in [0.05, 0.1) is 115 Å². The first-order valence-electron chi connectivity index (χ1n) is 22.4. The van der Waals surface area contributed by atoms with Crippen molar-refractivity contribution < 1.29 is 57.0 Å². The molecule has 0 aliphatic heterocycles. The van der Waals surface area contributed by atoms with Gasteiger partial charge in [-0.2, -0.15) is 0 Å². The number of ether oxygens (including phenoxy) is 10. The van der Waals surface area contributed by atoms with Gasteiger partial charge in [0.25, 0.3) is 0 Å². The first-order chi connectivity index (χ1) is 29.7. The average Bonchev–Trinajstić information content (AvgIpc) is 3.27. The Labute approximate surface area is 360 Å². The molecule has 14 nitrogen and oxygen atoms in total. The molecule has 0 atom stereocenters. The maximum Gasteiger partial charge on any atom is 0.338 e. The first-order valence-corrected chi connectivity index (χ1v) is 22.4. The predicted octanol–water partition coefficient (Wildman–Crippen LogP) is 8.09. The molecule has 0 spiro atoms. The van der Waals surface area contributed by atoms with E-state index >= 15 is 0 Å². The molecule has 0 radical (unpaired) electrons. The largest absolute Gasteiger partial charge is 0.462 e. The number of aromatic nitrogens is 2. The van der Waals surface area contributed by atoms with Gasteiger partial charge in [-0.1, -0.05) is 77.0 Å². The predicted molar refractivity (Wildman–Crippen MR) is 231 cm³/mol. The maximum atomic E-state index is 12.8. The van der Waals surface area contributed by atoms with E-state index in [1.807, 2.05) is 0 Å². The normalized spacial score (nSPS) is 11.3. The Morgan fingerprint density at radius 1 is 0.367 bits per heavy atom. The average molecular weight is 849 g/mol. The minimum absolute atomic E-state index is 0.374. The van der Waals surface area contributed by atoms with Gasteiger partial charge < -0.3 is 47.4 Å². The van der Waals surface area contributed by atoms with Crippen molar-refractivity contribution in [2.45, 2.75) is 103 Å². The fourth-order valence-electron chi connectivity index (χ4n) is 5.99. The molecule has 60 heavy (non-hydrogen) atoms. The third kappa shape index (κ3) is 30.0. The molecule has 0 N–H and O–H groups in total. The number of carbonyl (C=O) groups excluding carboxylic acids is 2. The van der Waals surface area contributed by atoms with E-state index in [0.29, 0.717) is 115 Å². The van der Waals surface area contributed by atoms with Crippen LogP contribution < -0.4 is 0 Å². The molecule has 0 amide bonds. The molecule has 0 aromatic carbocycles.